The van der Waals surface area contributed by atoms with Gasteiger partial charge in [-0.3, -0.25) is 0 Å². The maximum absolute atomic E-state index is 3.57. The Bertz CT molecular complexity index is 609. The molecule has 2 atom stereocenters. The highest BCUT2D eigenvalue weighted by Crippen LogP contribution is 2.34. The highest BCUT2D eigenvalue weighted by atomic mass is 14.9. The van der Waals surface area contributed by atoms with Crippen molar-refractivity contribution in [3.63, 3.8) is 0 Å². The largest absolute Gasteiger partial charge is 0.313 e. The lowest BCUT2D eigenvalue weighted by Crippen LogP contribution is -2.29. The van der Waals surface area contributed by atoms with E-state index in [9.17, 15) is 0 Å². The Kier molecular flexibility index (Phi) is 4.12. The monoisotopic (exact) mass is 279 g/mol. The maximum Gasteiger partial charge on any atom is 0.0349 e. The molecule has 0 aliphatic heterocycles. The van der Waals surface area contributed by atoms with Crippen molar-refractivity contribution in [3.05, 3.63) is 70.3 Å². The summed E-state index contributed by atoms with van der Waals surface area (Å²) in [6, 6.07) is 16.3. The van der Waals surface area contributed by atoms with Crippen molar-refractivity contribution >= 4 is 0 Å². The highest BCUT2D eigenvalue weighted by Gasteiger charge is 2.26. The Morgan fingerprint density at radius 3 is 2.33 bits per heavy atom. The van der Waals surface area contributed by atoms with Gasteiger partial charge in [0.1, 0.15) is 0 Å². The van der Waals surface area contributed by atoms with Crippen molar-refractivity contribution in [2.24, 2.45) is 5.92 Å². The first-order valence-electron chi connectivity index (χ1n) is 7.99. The lowest BCUT2D eigenvalue weighted by Gasteiger charge is -2.32. The molecule has 21 heavy (non-hydrogen) atoms. The normalized spacial score (nSPS) is 19.1. The number of fused-ring (bicyclic) bond motifs is 1. The first kappa shape index (κ1) is 14.3. The molecule has 0 bridgehead atoms. The van der Waals surface area contributed by atoms with Crippen LogP contribution in [0.3, 0.4) is 0 Å². The van der Waals surface area contributed by atoms with E-state index in [1.807, 2.05) is 0 Å². The van der Waals surface area contributed by atoms with Crippen molar-refractivity contribution in [2.75, 3.05) is 7.05 Å². The van der Waals surface area contributed by atoms with Gasteiger partial charge in [0.15, 0.2) is 0 Å². The van der Waals surface area contributed by atoms with Crippen LogP contribution in [-0.4, -0.2) is 7.05 Å². The number of nitrogens with one attached hydrogen (secondary N) is 1. The van der Waals surface area contributed by atoms with Crippen LogP contribution >= 0.6 is 0 Å². The predicted molar refractivity (Wildman–Crippen MR) is 89.7 cm³/mol. The molecule has 3 rings (SSSR count). The molecule has 0 saturated heterocycles. The van der Waals surface area contributed by atoms with Crippen molar-refractivity contribution in [2.45, 2.75) is 39.2 Å². The third kappa shape index (κ3) is 3.03. The van der Waals surface area contributed by atoms with Gasteiger partial charge < -0.3 is 5.32 Å². The van der Waals surface area contributed by atoms with E-state index >= 15 is 0 Å². The summed E-state index contributed by atoms with van der Waals surface area (Å²) in [6.45, 7) is 4.39. The molecule has 0 fully saturated rings. The van der Waals surface area contributed by atoms with E-state index < -0.39 is 0 Å². The Labute approximate surface area is 128 Å². The summed E-state index contributed by atoms with van der Waals surface area (Å²) in [4.78, 5) is 0. The van der Waals surface area contributed by atoms with Crippen LogP contribution in [0.2, 0.25) is 0 Å². The van der Waals surface area contributed by atoms with Crippen molar-refractivity contribution in [3.8, 4) is 0 Å². The van der Waals surface area contributed by atoms with Crippen LogP contribution in [0.5, 0.6) is 0 Å². The van der Waals surface area contributed by atoms with Crippen LogP contribution in [0, 0.1) is 19.8 Å². The second-order valence-corrected chi connectivity index (χ2v) is 6.46. The summed E-state index contributed by atoms with van der Waals surface area (Å²) in [5.41, 5.74) is 7.25. The number of hydrogen-bond acceptors (Lipinski definition) is 1. The van der Waals surface area contributed by atoms with Gasteiger partial charge in [0.25, 0.3) is 0 Å². The van der Waals surface area contributed by atoms with Crippen LogP contribution in [0.25, 0.3) is 0 Å². The SMILES string of the molecule is CNC(c1cc(C)cc(C)c1)C1CCc2ccccc2C1. The van der Waals surface area contributed by atoms with Crippen molar-refractivity contribution in [1.82, 2.24) is 5.32 Å². The number of benzene rings is 2. The Morgan fingerprint density at radius 1 is 1.00 bits per heavy atom. The van der Waals surface area contributed by atoms with Crippen LogP contribution < -0.4 is 5.32 Å². The van der Waals surface area contributed by atoms with E-state index in [0.29, 0.717) is 12.0 Å². The molecule has 0 heterocycles. The molecule has 1 nitrogen and oxygen atoms in total. The molecule has 0 saturated carbocycles. The van der Waals surface area contributed by atoms with Gasteiger partial charge >= 0.3 is 0 Å². The third-order valence-corrected chi connectivity index (χ3v) is 4.77. The summed E-state index contributed by atoms with van der Waals surface area (Å²) in [7, 11) is 2.10. The average Bonchev–Trinajstić information content (AvgIpc) is 2.47. The number of rotatable bonds is 3. The summed E-state index contributed by atoms with van der Waals surface area (Å²) >= 11 is 0. The second-order valence-electron chi connectivity index (χ2n) is 6.46. The molecule has 1 heteroatoms. The fourth-order valence-corrected chi connectivity index (χ4v) is 3.87. The molecule has 1 N–H and O–H groups in total. The van der Waals surface area contributed by atoms with E-state index in [4.69, 9.17) is 0 Å². The topological polar surface area (TPSA) is 12.0 Å². The lowest BCUT2D eigenvalue weighted by atomic mass is 9.77. The van der Waals surface area contributed by atoms with Crippen LogP contribution in [-0.2, 0) is 12.8 Å². The summed E-state index contributed by atoms with van der Waals surface area (Å²) < 4.78 is 0. The molecule has 0 radical (unpaired) electrons. The van der Waals surface area contributed by atoms with Crippen molar-refractivity contribution < 1.29 is 0 Å². The molecule has 1 aliphatic carbocycles. The first-order chi connectivity index (χ1) is 10.2. The van der Waals surface area contributed by atoms with Crippen LogP contribution in [0.1, 0.15) is 40.3 Å². The second kappa shape index (κ2) is 6.03. The van der Waals surface area contributed by atoms with E-state index in [1.165, 1.54) is 36.0 Å². The molecule has 110 valence electrons. The minimum atomic E-state index is 0.456. The smallest absolute Gasteiger partial charge is 0.0349 e. The molecular weight excluding hydrogens is 254 g/mol. The van der Waals surface area contributed by atoms with Crippen LogP contribution in [0.15, 0.2) is 42.5 Å². The minimum Gasteiger partial charge on any atom is -0.313 e. The van der Waals surface area contributed by atoms with E-state index in [-0.39, 0.29) is 0 Å². The van der Waals surface area contributed by atoms with Gasteiger partial charge in [0.2, 0.25) is 0 Å². The molecule has 2 aromatic rings. The highest BCUT2D eigenvalue weighted by molar-refractivity contribution is 5.34. The number of hydrogen-bond donors (Lipinski definition) is 1. The van der Waals surface area contributed by atoms with E-state index in [2.05, 4.69) is 68.7 Å². The molecule has 2 unspecified atom stereocenters. The lowest BCUT2D eigenvalue weighted by molar-refractivity contribution is 0.342. The fourth-order valence-electron chi connectivity index (χ4n) is 3.87. The predicted octanol–water partition coefficient (Wildman–Crippen LogP) is 4.37. The van der Waals surface area contributed by atoms with Crippen LogP contribution in [0.4, 0.5) is 0 Å². The first-order valence-corrected chi connectivity index (χ1v) is 7.99. The van der Waals surface area contributed by atoms with Gasteiger partial charge in [-0.15, -0.1) is 0 Å². The Hall–Kier alpha value is -1.60. The van der Waals surface area contributed by atoms with Gasteiger partial charge in [-0.25, -0.2) is 0 Å². The molecule has 0 amide bonds. The Balaban J connectivity index is 1.88. The van der Waals surface area contributed by atoms with Gasteiger partial charge in [-0.2, -0.15) is 0 Å². The van der Waals surface area contributed by atoms with Gasteiger partial charge in [0, 0.05) is 6.04 Å². The fraction of sp³-hybridized carbons (Fsp3) is 0.400. The quantitative estimate of drug-likeness (QED) is 0.879. The standard InChI is InChI=1S/C20H25N/c1-14-10-15(2)12-19(11-14)20(21-3)18-9-8-16-6-4-5-7-17(16)13-18/h4-7,10-12,18,20-21H,8-9,13H2,1-3H3. The Morgan fingerprint density at radius 2 is 1.67 bits per heavy atom. The third-order valence-electron chi connectivity index (χ3n) is 4.77. The van der Waals surface area contributed by atoms with Gasteiger partial charge in [0.05, 0.1) is 0 Å². The maximum atomic E-state index is 3.57. The minimum absolute atomic E-state index is 0.456. The molecule has 0 aromatic heterocycles. The molecule has 2 aromatic carbocycles. The average molecular weight is 279 g/mol. The zero-order chi connectivity index (χ0) is 14.8. The molecule has 1 aliphatic rings. The zero-order valence-electron chi connectivity index (χ0n) is 13.3. The molecular formula is C20H25N. The van der Waals surface area contributed by atoms with E-state index in [0.717, 1.165) is 0 Å². The van der Waals surface area contributed by atoms with Gasteiger partial charge in [-0.05, 0) is 62.8 Å². The zero-order valence-corrected chi connectivity index (χ0v) is 13.3. The summed E-state index contributed by atoms with van der Waals surface area (Å²) in [5, 5.41) is 3.57. The van der Waals surface area contributed by atoms with E-state index in [1.54, 1.807) is 11.1 Å². The number of aryl methyl sites for hydroxylation is 3. The molecule has 0 spiro atoms. The van der Waals surface area contributed by atoms with Gasteiger partial charge in [-0.1, -0.05) is 53.6 Å². The van der Waals surface area contributed by atoms with Crippen molar-refractivity contribution in [1.29, 1.82) is 0 Å². The summed E-state index contributed by atoms with van der Waals surface area (Å²) in [5.74, 6) is 0.686. The summed E-state index contributed by atoms with van der Waals surface area (Å²) in [6.07, 6.45) is 3.67.